The average Bonchev–Trinajstić information content (AvgIpc) is 2.74. The first-order valence-electron chi connectivity index (χ1n) is 9.95. The van der Waals surface area contributed by atoms with E-state index in [1.807, 2.05) is 37.3 Å². The van der Waals surface area contributed by atoms with Crippen LogP contribution in [0.15, 0.2) is 60.7 Å². The van der Waals surface area contributed by atoms with Gasteiger partial charge in [-0.3, -0.25) is 4.79 Å². The topological polar surface area (TPSA) is 52.0 Å². The first-order valence-corrected chi connectivity index (χ1v) is 9.95. The van der Waals surface area contributed by atoms with Gasteiger partial charge in [-0.1, -0.05) is 30.3 Å². The number of ether oxygens (including phenoxy) is 2. The van der Waals surface area contributed by atoms with Crippen LogP contribution in [0.2, 0.25) is 0 Å². The van der Waals surface area contributed by atoms with Crippen LogP contribution in [0.1, 0.15) is 18.9 Å². The SMILES string of the molecule is CCOc1ccc(OCCNC(=O)C[NH+]2CC=C(c3ccccc3)CC2)cc1. The van der Waals surface area contributed by atoms with Crippen LogP contribution >= 0.6 is 0 Å². The highest BCUT2D eigenvalue weighted by Gasteiger charge is 2.18. The molecule has 1 aliphatic rings. The molecular formula is C23H29N2O3+. The van der Waals surface area contributed by atoms with Crippen molar-refractivity contribution in [3.05, 3.63) is 66.2 Å². The van der Waals surface area contributed by atoms with Crippen LogP contribution in [0, 0.1) is 0 Å². The standard InChI is InChI=1S/C23H28N2O3/c1-2-27-21-8-10-22(11-9-21)28-17-14-24-23(26)18-25-15-12-20(13-16-25)19-6-4-3-5-7-19/h3-12H,2,13-18H2,1H3,(H,24,26)/p+1. The number of carbonyl (C=O) groups is 1. The van der Waals surface area contributed by atoms with Crippen molar-refractivity contribution in [2.24, 2.45) is 0 Å². The van der Waals surface area contributed by atoms with Crippen LogP contribution in [-0.2, 0) is 4.79 Å². The van der Waals surface area contributed by atoms with E-state index in [4.69, 9.17) is 9.47 Å². The highest BCUT2D eigenvalue weighted by atomic mass is 16.5. The maximum atomic E-state index is 12.2. The molecule has 0 bridgehead atoms. The van der Waals surface area contributed by atoms with Crippen molar-refractivity contribution >= 4 is 11.5 Å². The molecule has 28 heavy (non-hydrogen) atoms. The monoisotopic (exact) mass is 381 g/mol. The van der Waals surface area contributed by atoms with Crippen LogP contribution in [0.25, 0.3) is 5.57 Å². The average molecular weight is 381 g/mol. The first kappa shape index (κ1) is 20.0. The Morgan fingerprint density at radius 2 is 1.75 bits per heavy atom. The molecular weight excluding hydrogens is 352 g/mol. The van der Waals surface area contributed by atoms with E-state index in [9.17, 15) is 4.79 Å². The Morgan fingerprint density at radius 3 is 2.39 bits per heavy atom. The van der Waals surface area contributed by atoms with Crippen LogP contribution in [0.4, 0.5) is 0 Å². The Labute approximate surface area is 167 Å². The van der Waals surface area contributed by atoms with Gasteiger partial charge in [-0.25, -0.2) is 0 Å². The highest BCUT2D eigenvalue weighted by molar-refractivity contribution is 5.76. The summed E-state index contributed by atoms with van der Waals surface area (Å²) in [5, 5.41) is 2.94. The normalized spacial score (nSPS) is 16.2. The summed E-state index contributed by atoms with van der Waals surface area (Å²) >= 11 is 0. The number of quaternary nitrogens is 1. The van der Waals surface area contributed by atoms with Crippen LogP contribution < -0.4 is 19.7 Å². The van der Waals surface area contributed by atoms with Gasteiger partial charge in [0.2, 0.25) is 0 Å². The summed E-state index contributed by atoms with van der Waals surface area (Å²) in [5.74, 6) is 1.68. The lowest BCUT2D eigenvalue weighted by Crippen LogP contribution is -3.13. The second kappa shape index (κ2) is 10.5. The van der Waals surface area contributed by atoms with Gasteiger partial charge in [0.05, 0.1) is 26.2 Å². The van der Waals surface area contributed by atoms with E-state index in [1.54, 1.807) is 0 Å². The number of benzene rings is 2. The van der Waals surface area contributed by atoms with Crippen molar-refractivity contribution < 1.29 is 19.2 Å². The molecule has 1 unspecified atom stereocenters. The predicted octanol–water partition coefficient (Wildman–Crippen LogP) is 1.95. The Bertz CT molecular complexity index is 772. The van der Waals surface area contributed by atoms with Crippen LogP contribution in [-0.4, -0.2) is 45.3 Å². The number of carbonyl (C=O) groups excluding carboxylic acids is 1. The molecule has 1 aliphatic heterocycles. The van der Waals surface area contributed by atoms with Crippen molar-refractivity contribution in [3.63, 3.8) is 0 Å². The summed E-state index contributed by atoms with van der Waals surface area (Å²) in [7, 11) is 0. The molecule has 2 aromatic carbocycles. The lowest BCUT2D eigenvalue weighted by molar-refractivity contribution is -0.886. The second-order valence-electron chi connectivity index (χ2n) is 6.83. The summed E-state index contributed by atoms with van der Waals surface area (Å²) in [4.78, 5) is 13.5. The van der Waals surface area contributed by atoms with Gasteiger partial charge in [-0.2, -0.15) is 0 Å². The number of nitrogens with one attached hydrogen (secondary N) is 2. The molecule has 0 radical (unpaired) electrons. The van der Waals surface area contributed by atoms with Gasteiger partial charge in [-0.05, 0) is 48.4 Å². The van der Waals surface area contributed by atoms with Gasteiger partial charge in [0.15, 0.2) is 6.54 Å². The Hall–Kier alpha value is -2.79. The fourth-order valence-electron chi connectivity index (χ4n) is 3.31. The summed E-state index contributed by atoms with van der Waals surface area (Å²) < 4.78 is 11.1. The molecule has 2 aromatic rings. The van der Waals surface area contributed by atoms with Gasteiger partial charge in [-0.15, -0.1) is 0 Å². The van der Waals surface area contributed by atoms with Crippen LogP contribution in [0.5, 0.6) is 11.5 Å². The summed E-state index contributed by atoms with van der Waals surface area (Å²) in [6.07, 6.45) is 3.27. The zero-order valence-corrected chi connectivity index (χ0v) is 16.4. The van der Waals surface area contributed by atoms with Gasteiger partial charge in [0.1, 0.15) is 18.1 Å². The second-order valence-corrected chi connectivity index (χ2v) is 6.83. The minimum atomic E-state index is 0.0712. The van der Waals surface area contributed by atoms with Gasteiger partial charge in [0, 0.05) is 6.42 Å². The Morgan fingerprint density at radius 1 is 1.04 bits per heavy atom. The molecule has 0 aliphatic carbocycles. The molecule has 2 N–H and O–H groups in total. The summed E-state index contributed by atoms with van der Waals surface area (Å²) in [6.45, 7) is 5.93. The van der Waals surface area contributed by atoms with Gasteiger partial charge >= 0.3 is 0 Å². The van der Waals surface area contributed by atoms with E-state index < -0.39 is 0 Å². The molecule has 148 valence electrons. The number of hydrogen-bond acceptors (Lipinski definition) is 3. The zero-order valence-electron chi connectivity index (χ0n) is 16.4. The number of hydrogen-bond donors (Lipinski definition) is 2. The van der Waals surface area contributed by atoms with E-state index in [0.29, 0.717) is 26.3 Å². The molecule has 0 saturated carbocycles. The van der Waals surface area contributed by atoms with E-state index in [1.165, 1.54) is 16.0 Å². The van der Waals surface area contributed by atoms with Crippen LogP contribution in [0.3, 0.4) is 0 Å². The smallest absolute Gasteiger partial charge is 0.275 e. The van der Waals surface area contributed by atoms with Crippen molar-refractivity contribution in [1.29, 1.82) is 0 Å². The van der Waals surface area contributed by atoms with Crippen molar-refractivity contribution in [2.75, 3.05) is 39.4 Å². The summed E-state index contributed by atoms with van der Waals surface area (Å²) in [6, 6.07) is 18.0. The molecule has 0 saturated heterocycles. The fraction of sp³-hybridized carbons (Fsp3) is 0.348. The molecule has 0 fully saturated rings. The lowest BCUT2D eigenvalue weighted by atomic mass is 10.00. The summed E-state index contributed by atoms with van der Waals surface area (Å²) in [5.41, 5.74) is 2.67. The molecule has 0 spiro atoms. The molecule has 1 amide bonds. The number of rotatable bonds is 9. The Balaban J connectivity index is 1.33. The molecule has 3 rings (SSSR count). The largest absolute Gasteiger partial charge is 0.494 e. The van der Waals surface area contributed by atoms with Crippen molar-refractivity contribution in [1.82, 2.24) is 5.32 Å². The maximum Gasteiger partial charge on any atom is 0.275 e. The van der Waals surface area contributed by atoms with E-state index in [0.717, 1.165) is 31.0 Å². The highest BCUT2D eigenvalue weighted by Crippen LogP contribution is 2.18. The lowest BCUT2D eigenvalue weighted by Gasteiger charge is -2.23. The van der Waals surface area contributed by atoms with E-state index >= 15 is 0 Å². The molecule has 5 heteroatoms. The quantitative estimate of drug-likeness (QED) is 0.653. The van der Waals surface area contributed by atoms with Crippen molar-refractivity contribution in [3.8, 4) is 11.5 Å². The van der Waals surface area contributed by atoms with Crippen molar-refractivity contribution in [2.45, 2.75) is 13.3 Å². The minimum Gasteiger partial charge on any atom is -0.494 e. The third-order valence-electron chi connectivity index (χ3n) is 4.77. The zero-order chi connectivity index (χ0) is 19.6. The van der Waals surface area contributed by atoms with Gasteiger partial charge in [0.25, 0.3) is 5.91 Å². The van der Waals surface area contributed by atoms with E-state index in [2.05, 4.69) is 35.7 Å². The maximum absolute atomic E-state index is 12.2. The predicted molar refractivity (Wildman–Crippen MR) is 111 cm³/mol. The van der Waals surface area contributed by atoms with E-state index in [-0.39, 0.29) is 5.91 Å². The molecule has 0 aromatic heterocycles. The molecule has 1 heterocycles. The molecule has 1 atom stereocenters. The number of amides is 1. The molecule has 5 nitrogen and oxygen atoms in total. The third-order valence-corrected chi connectivity index (χ3v) is 4.77. The van der Waals surface area contributed by atoms with Gasteiger partial charge < -0.3 is 19.7 Å². The fourth-order valence-corrected chi connectivity index (χ4v) is 3.31. The first-order chi connectivity index (χ1) is 13.7. The Kier molecular flexibility index (Phi) is 7.50. The third kappa shape index (κ3) is 6.13. The minimum absolute atomic E-state index is 0.0712.